The van der Waals surface area contributed by atoms with Gasteiger partial charge in [0.15, 0.2) is 17.1 Å². The van der Waals surface area contributed by atoms with Gasteiger partial charge in [-0.1, -0.05) is 23.8 Å². The number of amides is 2. The van der Waals surface area contributed by atoms with Crippen LogP contribution in [0.4, 0.5) is 5.69 Å². The van der Waals surface area contributed by atoms with Gasteiger partial charge in [-0.2, -0.15) is 0 Å². The molecule has 8 rings (SSSR count). The summed E-state index contributed by atoms with van der Waals surface area (Å²) >= 11 is 0. The van der Waals surface area contributed by atoms with Crippen LogP contribution < -0.4 is 14.4 Å². The highest BCUT2D eigenvalue weighted by Gasteiger charge is 2.57. The van der Waals surface area contributed by atoms with Crippen LogP contribution in [0.5, 0.6) is 17.2 Å². The first-order valence-electron chi connectivity index (χ1n) is 15.7. The summed E-state index contributed by atoms with van der Waals surface area (Å²) in [6.45, 7) is 1.60. The Morgan fingerprint density at radius 2 is 1.62 bits per heavy atom. The number of rotatable bonds is 5. The van der Waals surface area contributed by atoms with Crippen molar-refractivity contribution >= 4 is 40.2 Å². The molecule has 0 radical (unpaired) electrons. The molecule has 10 heteroatoms. The fourth-order valence-electron chi connectivity index (χ4n) is 7.93. The lowest BCUT2D eigenvalue weighted by Gasteiger charge is -2.42. The number of carbonyl (C=O) groups excluding carboxylic acids is 4. The second-order valence-electron chi connectivity index (χ2n) is 12.5. The van der Waals surface area contributed by atoms with Gasteiger partial charge in [-0.05, 0) is 68.2 Å². The van der Waals surface area contributed by atoms with E-state index in [1.54, 1.807) is 31.2 Å². The van der Waals surface area contributed by atoms with E-state index < -0.39 is 23.7 Å². The van der Waals surface area contributed by atoms with Gasteiger partial charge in [0.05, 0.1) is 31.7 Å². The summed E-state index contributed by atoms with van der Waals surface area (Å²) in [6.07, 6.45) is 3.69. The van der Waals surface area contributed by atoms with Gasteiger partial charge in [0.25, 0.3) is 0 Å². The number of imide groups is 1. The van der Waals surface area contributed by atoms with Gasteiger partial charge < -0.3 is 19.0 Å². The molecule has 0 unspecified atom stereocenters. The van der Waals surface area contributed by atoms with Gasteiger partial charge in [-0.15, -0.1) is 0 Å². The van der Waals surface area contributed by atoms with Gasteiger partial charge in [-0.25, -0.2) is 4.98 Å². The largest absolute Gasteiger partial charge is 0.508 e. The lowest BCUT2D eigenvalue weighted by Crippen LogP contribution is -2.40. The van der Waals surface area contributed by atoms with E-state index in [0.29, 0.717) is 45.0 Å². The molecule has 1 saturated heterocycles. The van der Waals surface area contributed by atoms with Crippen molar-refractivity contribution in [2.45, 2.75) is 25.7 Å². The average molecular weight is 643 g/mol. The highest BCUT2D eigenvalue weighted by atomic mass is 16.5. The number of aromatic nitrogens is 1. The van der Waals surface area contributed by atoms with Crippen LogP contribution in [0.25, 0.3) is 22.6 Å². The number of methoxy groups -OCH3 is 2. The Bertz CT molecular complexity index is 2130. The van der Waals surface area contributed by atoms with E-state index in [2.05, 4.69) is 4.98 Å². The van der Waals surface area contributed by atoms with Crippen molar-refractivity contribution in [3.05, 3.63) is 101 Å². The van der Waals surface area contributed by atoms with Gasteiger partial charge in [-0.3, -0.25) is 24.1 Å². The number of anilines is 1. The summed E-state index contributed by atoms with van der Waals surface area (Å²) in [6, 6.07) is 17.3. The van der Waals surface area contributed by atoms with Gasteiger partial charge in [0.1, 0.15) is 22.8 Å². The minimum absolute atomic E-state index is 0.0946. The molecule has 1 aromatic heterocycles. The fourth-order valence-corrected chi connectivity index (χ4v) is 7.93. The van der Waals surface area contributed by atoms with Crippen molar-refractivity contribution in [1.29, 1.82) is 0 Å². The number of para-hydroxylation sites is 2. The Morgan fingerprint density at radius 1 is 0.917 bits per heavy atom. The molecule has 0 bridgehead atoms. The monoisotopic (exact) mass is 642 g/mol. The Balaban J connectivity index is 1.20. The van der Waals surface area contributed by atoms with Crippen LogP contribution in [0.2, 0.25) is 0 Å². The maximum Gasteiger partial charge on any atom is 0.238 e. The number of ketones is 2. The molecular weight excluding hydrogens is 612 g/mol. The Hall–Kier alpha value is -5.77. The zero-order valence-corrected chi connectivity index (χ0v) is 26.4. The average Bonchev–Trinajstić information content (AvgIpc) is 3.64. The highest BCUT2D eigenvalue weighted by Crippen LogP contribution is 2.58. The number of carbonyl (C=O) groups is 4. The molecule has 48 heavy (non-hydrogen) atoms. The number of aromatic hydroxyl groups is 1. The molecule has 3 aromatic carbocycles. The number of Topliss-reactive ketones (excluding diaryl/α,β-unsaturated/α-hetero) is 1. The molecule has 0 spiro atoms. The molecule has 2 amide bonds. The Morgan fingerprint density at radius 3 is 2.31 bits per heavy atom. The molecule has 1 fully saturated rings. The van der Waals surface area contributed by atoms with E-state index in [1.165, 1.54) is 37.3 Å². The fraction of sp³-hybridized carbons (Fsp3) is 0.237. The number of ether oxygens (including phenoxy) is 2. The molecule has 0 saturated carbocycles. The third kappa shape index (κ3) is 4.28. The summed E-state index contributed by atoms with van der Waals surface area (Å²) < 4.78 is 17.3. The normalized spacial score (nSPS) is 23.5. The minimum Gasteiger partial charge on any atom is -0.508 e. The third-order valence-corrected chi connectivity index (χ3v) is 10.0. The zero-order valence-electron chi connectivity index (χ0n) is 26.4. The maximum atomic E-state index is 14.4. The number of oxazole rings is 1. The number of benzene rings is 3. The van der Waals surface area contributed by atoms with Crippen LogP contribution in [0.15, 0.2) is 99.5 Å². The zero-order chi connectivity index (χ0) is 33.4. The van der Waals surface area contributed by atoms with Gasteiger partial charge >= 0.3 is 0 Å². The molecule has 2 heterocycles. The summed E-state index contributed by atoms with van der Waals surface area (Å²) in [5, 5.41) is 10.4. The van der Waals surface area contributed by atoms with E-state index in [0.717, 1.165) is 11.1 Å². The van der Waals surface area contributed by atoms with E-state index in [-0.39, 0.29) is 53.5 Å². The highest BCUT2D eigenvalue weighted by molar-refractivity contribution is 6.25. The third-order valence-electron chi connectivity index (χ3n) is 10.0. The topological polar surface area (TPSA) is 136 Å². The van der Waals surface area contributed by atoms with Crippen molar-refractivity contribution < 1.29 is 38.2 Å². The van der Waals surface area contributed by atoms with Crippen LogP contribution in [0.1, 0.15) is 31.2 Å². The van der Waals surface area contributed by atoms with E-state index in [1.807, 2.05) is 30.3 Å². The summed E-state index contributed by atoms with van der Waals surface area (Å²) in [5.74, 6) is -3.09. The molecule has 240 valence electrons. The first-order chi connectivity index (χ1) is 23.2. The smallest absolute Gasteiger partial charge is 0.238 e. The second-order valence-corrected chi connectivity index (χ2v) is 12.5. The van der Waals surface area contributed by atoms with Crippen molar-refractivity contribution in [2.24, 2.45) is 17.8 Å². The standard InChI is InChI=1S/C38H30N2O8/c1-18-14-27(42)32-25(35(18)43)17-24-22(33(32)34-29(46-2)15-21(41)16-30(34)47-3)12-13-23-31(24)38(45)40(37(23)44)20-10-8-19(9-11-20)36-39-26-6-4-5-7-28(26)48-36/h4-12,14-16,23-24,31,33,41H,13,17H2,1-3H3/t23-,24+,31-,33-/m0/s1. The SMILES string of the molecule is COc1cc(O)cc(OC)c1[C@H]1C2=CC[C@@H]3C(=O)N(c4ccc(-c5nc6ccccc6o5)cc4)C(=O)[C@@H]3[C@@H]2CC2=C1C(=O)C=C(C)C2=O. The summed E-state index contributed by atoms with van der Waals surface area (Å²) in [4.78, 5) is 61.5. The van der Waals surface area contributed by atoms with Crippen LogP contribution in [0, 0.1) is 17.8 Å². The number of phenols is 1. The first kappa shape index (κ1) is 29.6. The molecule has 4 atom stereocenters. The van der Waals surface area contributed by atoms with Crippen molar-refractivity contribution in [3.63, 3.8) is 0 Å². The number of fused-ring (bicyclic) bond motifs is 4. The number of hydrogen-bond donors (Lipinski definition) is 1. The van der Waals surface area contributed by atoms with Crippen molar-refractivity contribution in [3.8, 4) is 28.7 Å². The van der Waals surface area contributed by atoms with E-state index in [9.17, 15) is 24.3 Å². The molecule has 3 aliphatic carbocycles. The summed E-state index contributed by atoms with van der Waals surface area (Å²) in [5.41, 5.74) is 4.68. The minimum atomic E-state index is -0.793. The molecule has 1 N–H and O–H groups in total. The van der Waals surface area contributed by atoms with E-state index >= 15 is 0 Å². The lowest BCUT2D eigenvalue weighted by molar-refractivity contribution is -0.123. The molecular formula is C38H30N2O8. The summed E-state index contributed by atoms with van der Waals surface area (Å²) in [7, 11) is 2.90. The number of allylic oxidation sites excluding steroid dienone is 6. The van der Waals surface area contributed by atoms with Crippen molar-refractivity contribution in [1.82, 2.24) is 4.98 Å². The molecule has 1 aliphatic heterocycles. The number of nitrogens with zero attached hydrogens (tertiary/aromatic N) is 2. The Kier molecular flexibility index (Phi) is 6.73. The molecule has 10 nitrogen and oxygen atoms in total. The Labute approximate surface area is 275 Å². The van der Waals surface area contributed by atoms with Crippen LogP contribution in [-0.2, 0) is 19.2 Å². The van der Waals surface area contributed by atoms with Crippen LogP contribution in [-0.4, -0.2) is 47.7 Å². The van der Waals surface area contributed by atoms with Crippen LogP contribution >= 0.6 is 0 Å². The number of hydrogen-bond acceptors (Lipinski definition) is 9. The van der Waals surface area contributed by atoms with Gasteiger partial charge in [0.2, 0.25) is 17.7 Å². The van der Waals surface area contributed by atoms with Crippen molar-refractivity contribution in [2.75, 3.05) is 19.1 Å². The number of phenolic OH excluding ortho intramolecular Hbond substituents is 1. The molecule has 4 aromatic rings. The second kappa shape index (κ2) is 10.9. The maximum absolute atomic E-state index is 14.4. The van der Waals surface area contributed by atoms with E-state index in [4.69, 9.17) is 13.9 Å². The quantitative estimate of drug-likeness (QED) is 0.161. The lowest BCUT2D eigenvalue weighted by atomic mass is 9.59. The van der Waals surface area contributed by atoms with Gasteiger partial charge in [0, 0.05) is 45.9 Å². The predicted molar refractivity (Wildman–Crippen MR) is 174 cm³/mol. The first-order valence-corrected chi connectivity index (χ1v) is 15.7. The predicted octanol–water partition coefficient (Wildman–Crippen LogP) is 5.85. The van der Waals surface area contributed by atoms with Crippen LogP contribution in [0.3, 0.4) is 0 Å². The molecule has 4 aliphatic rings.